The van der Waals surface area contributed by atoms with Crippen molar-refractivity contribution in [1.29, 1.82) is 0 Å². The van der Waals surface area contributed by atoms with E-state index in [0.717, 1.165) is 70.6 Å². The van der Waals surface area contributed by atoms with Crippen molar-refractivity contribution in [3.05, 3.63) is 24.3 Å². The molecule has 58 heavy (non-hydrogen) atoms. The van der Waals surface area contributed by atoms with Crippen LogP contribution in [0.5, 0.6) is 0 Å². The molecule has 0 radical (unpaired) electrons. The van der Waals surface area contributed by atoms with Crippen LogP contribution in [0, 0.1) is 0 Å². The predicted molar refractivity (Wildman–Crippen MR) is 247 cm³/mol. The first-order valence-electron chi connectivity index (χ1n) is 25.3. The van der Waals surface area contributed by atoms with E-state index in [1.54, 1.807) is 0 Å². The minimum Gasteiger partial charge on any atom is -0.462 e. The highest BCUT2D eigenvalue weighted by molar-refractivity contribution is 5.71. The number of carbonyl (C=O) groups excluding carboxylic acids is 3. The second-order valence-corrected chi connectivity index (χ2v) is 17.1. The lowest BCUT2D eigenvalue weighted by Crippen LogP contribution is -2.30. The first-order chi connectivity index (χ1) is 28.5. The van der Waals surface area contributed by atoms with Crippen molar-refractivity contribution in [2.45, 2.75) is 277 Å². The molecule has 0 aliphatic rings. The van der Waals surface area contributed by atoms with Gasteiger partial charge in [0.25, 0.3) is 0 Å². The summed E-state index contributed by atoms with van der Waals surface area (Å²) < 4.78 is 16.8. The Morgan fingerprint density at radius 3 is 0.862 bits per heavy atom. The lowest BCUT2D eigenvalue weighted by molar-refractivity contribution is -0.167. The van der Waals surface area contributed by atoms with Crippen LogP contribution in [0.15, 0.2) is 24.3 Å². The van der Waals surface area contributed by atoms with Gasteiger partial charge in [0.15, 0.2) is 6.10 Å². The average Bonchev–Trinajstić information content (AvgIpc) is 3.22. The molecule has 0 saturated heterocycles. The van der Waals surface area contributed by atoms with Gasteiger partial charge >= 0.3 is 17.9 Å². The van der Waals surface area contributed by atoms with Gasteiger partial charge in [-0.1, -0.05) is 206 Å². The fourth-order valence-electron chi connectivity index (χ4n) is 7.31. The number of hydrogen-bond acceptors (Lipinski definition) is 6. The molecule has 0 bridgehead atoms. The van der Waals surface area contributed by atoms with E-state index in [1.165, 1.54) is 161 Å². The smallest absolute Gasteiger partial charge is 0.306 e. The van der Waals surface area contributed by atoms with Crippen molar-refractivity contribution in [3.8, 4) is 0 Å². The normalized spacial score (nSPS) is 12.1. The SMILES string of the molecule is CCCCCCC/C=C\CCCCCCCC(=O)O[C@@H](COC(=O)CCCCCCC/C=C\CCCCCCCC)COC(=O)CCCCCCCCCCCCC. The Hall–Kier alpha value is -2.11. The summed E-state index contributed by atoms with van der Waals surface area (Å²) in [7, 11) is 0. The maximum absolute atomic E-state index is 12.8. The summed E-state index contributed by atoms with van der Waals surface area (Å²) in [5.41, 5.74) is 0. The van der Waals surface area contributed by atoms with E-state index in [9.17, 15) is 14.4 Å². The number of carbonyl (C=O) groups is 3. The zero-order valence-electron chi connectivity index (χ0n) is 38.8. The van der Waals surface area contributed by atoms with E-state index < -0.39 is 6.10 Å². The number of unbranched alkanes of at least 4 members (excludes halogenated alkanes) is 31. The summed E-state index contributed by atoms with van der Waals surface area (Å²) in [6.07, 6.45) is 53.0. The molecule has 0 aliphatic carbocycles. The summed E-state index contributed by atoms with van der Waals surface area (Å²) in [5, 5.41) is 0. The lowest BCUT2D eigenvalue weighted by atomic mass is 10.1. The molecule has 0 aliphatic heterocycles. The zero-order valence-corrected chi connectivity index (χ0v) is 38.8. The third kappa shape index (κ3) is 45.0. The van der Waals surface area contributed by atoms with Gasteiger partial charge in [0.2, 0.25) is 0 Å². The highest BCUT2D eigenvalue weighted by atomic mass is 16.6. The Morgan fingerprint density at radius 1 is 0.328 bits per heavy atom. The van der Waals surface area contributed by atoms with Crippen LogP contribution < -0.4 is 0 Å². The summed E-state index contributed by atoms with van der Waals surface area (Å²) in [6, 6.07) is 0. The van der Waals surface area contributed by atoms with Crippen LogP contribution in [0.1, 0.15) is 271 Å². The molecule has 0 saturated carbocycles. The molecule has 0 aromatic rings. The monoisotopic (exact) mass is 817 g/mol. The van der Waals surface area contributed by atoms with Crippen LogP contribution in [0.2, 0.25) is 0 Å². The van der Waals surface area contributed by atoms with Crippen molar-refractivity contribution in [1.82, 2.24) is 0 Å². The number of hydrogen-bond donors (Lipinski definition) is 0. The maximum Gasteiger partial charge on any atom is 0.306 e. The van der Waals surface area contributed by atoms with E-state index in [-0.39, 0.29) is 31.1 Å². The van der Waals surface area contributed by atoms with Gasteiger partial charge in [0.1, 0.15) is 13.2 Å². The first kappa shape index (κ1) is 55.9. The van der Waals surface area contributed by atoms with Crippen LogP contribution in [0.3, 0.4) is 0 Å². The average molecular weight is 817 g/mol. The molecular formula is C52H96O6. The highest BCUT2D eigenvalue weighted by Gasteiger charge is 2.19. The largest absolute Gasteiger partial charge is 0.462 e. The van der Waals surface area contributed by atoms with Crippen LogP contribution in [0.25, 0.3) is 0 Å². The van der Waals surface area contributed by atoms with E-state index in [4.69, 9.17) is 14.2 Å². The van der Waals surface area contributed by atoms with Gasteiger partial charge in [-0.15, -0.1) is 0 Å². The quantitative estimate of drug-likeness (QED) is 0.0263. The van der Waals surface area contributed by atoms with Gasteiger partial charge in [0.05, 0.1) is 0 Å². The second-order valence-electron chi connectivity index (χ2n) is 17.1. The van der Waals surface area contributed by atoms with E-state index in [1.807, 2.05) is 0 Å². The summed E-state index contributed by atoms with van der Waals surface area (Å²) in [4.78, 5) is 37.9. The molecule has 0 heterocycles. The molecule has 340 valence electrons. The third-order valence-electron chi connectivity index (χ3n) is 11.2. The van der Waals surface area contributed by atoms with Crippen molar-refractivity contribution in [3.63, 3.8) is 0 Å². The third-order valence-corrected chi connectivity index (χ3v) is 11.2. The molecule has 6 nitrogen and oxygen atoms in total. The van der Waals surface area contributed by atoms with Crippen LogP contribution in [-0.2, 0) is 28.6 Å². The molecule has 0 N–H and O–H groups in total. The molecule has 0 amide bonds. The van der Waals surface area contributed by atoms with Gasteiger partial charge in [-0.25, -0.2) is 0 Å². The summed E-state index contributed by atoms with van der Waals surface area (Å²) in [5.74, 6) is -0.882. The molecule has 0 aromatic carbocycles. The number of ether oxygens (including phenoxy) is 3. The first-order valence-corrected chi connectivity index (χ1v) is 25.3. The van der Waals surface area contributed by atoms with Crippen molar-refractivity contribution >= 4 is 17.9 Å². The van der Waals surface area contributed by atoms with Gasteiger partial charge in [0, 0.05) is 19.3 Å². The number of allylic oxidation sites excluding steroid dienone is 4. The molecule has 0 rings (SSSR count). The van der Waals surface area contributed by atoms with E-state index >= 15 is 0 Å². The summed E-state index contributed by atoms with van der Waals surface area (Å²) >= 11 is 0. The number of rotatable bonds is 46. The molecule has 0 unspecified atom stereocenters. The standard InChI is InChI=1S/C52H96O6/c1-4-7-10-13-16-19-22-24-26-28-30-33-36-39-42-45-51(54)57-48-49(47-56-50(53)44-41-38-35-32-29-21-18-15-12-9-6-3)58-52(55)46-43-40-37-34-31-27-25-23-20-17-14-11-8-5-2/h23-26,49H,4-22,27-48H2,1-3H3/b25-23-,26-24-/t49-/m1/s1. The van der Waals surface area contributed by atoms with Crippen molar-refractivity contribution in [2.75, 3.05) is 13.2 Å². The highest BCUT2D eigenvalue weighted by Crippen LogP contribution is 2.15. The Labute approximate surface area is 360 Å². The van der Waals surface area contributed by atoms with E-state index in [0.29, 0.717) is 19.3 Å². The second kappa shape index (κ2) is 47.6. The van der Waals surface area contributed by atoms with Crippen LogP contribution >= 0.6 is 0 Å². The summed E-state index contributed by atoms with van der Waals surface area (Å²) in [6.45, 7) is 6.62. The minimum absolute atomic E-state index is 0.0739. The minimum atomic E-state index is -0.773. The van der Waals surface area contributed by atoms with Gasteiger partial charge in [-0.3, -0.25) is 14.4 Å². The topological polar surface area (TPSA) is 78.9 Å². The van der Waals surface area contributed by atoms with Crippen molar-refractivity contribution < 1.29 is 28.6 Å². The molecular weight excluding hydrogens is 721 g/mol. The predicted octanol–water partition coefficient (Wildman–Crippen LogP) is 16.4. The fraction of sp³-hybridized carbons (Fsp3) is 0.865. The maximum atomic E-state index is 12.8. The Balaban J connectivity index is 4.36. The molecule has 0 aromatic heterocycles. The van der Waals surface area contributed by atoms with Gasteiger partial charge in [-0.05, 0) is 70.6 Å². The number of esters is 3. The van der Waals surface area contributed by atoms with Gasteiger partial charge in [-0.2, -0.15) is 0 Å². The fourth-order valence-corrected chi connectivity index (χ4v) is 7.31. The molecule has 0 spiro atoms. The van der Waals surface area contributed by atoms with Crippen LogP contribution in [-0.4, -0.2) is 37.2 Å². The van der Waals surface area contributed by atoms with Crippen molar-refractivity contribution in [2.24, 2.45) is 0 Å². The Morgan fingerprint density at radius 2 is 0.569 bits per heavy atom. The molecule has 6 heteroatoms. The van der Waals surface area contributed by atoms with E-state index in [2.05, 4.69) is 45.1 Å². The Bertz CT molecular complexity index is 942. The Kier molecular flexibility index (Phi) is 45.8. The molecule has 1 atom stereocenters. The van der Waals surface area contributed by atoms with Crippen LogP contribution in [0.4, 0.5) is 0 Å². The lowest BCUT2D eigenvalue weighted by Gasteiger charge is -2.18. The van der Waals surface area contributed by atoms with Gasteiger partial charge < -0.3 is 14.2 Å². The zero-order chi connectivity index (χ0) is 42.3. The molecule has 0 fully saturated rings.